The lowest BCUT2D eigenvalue weighted by Gasteiger charge is -2.28. The van der Waals surface area contributed by atoms with Gasteiger partial charge in [-0.1, -0.05) is 32.6 Å². The summed E-state index contributed by atoms with van der Waals surface area (Å²) in [4.78, 5) is 0. The maximum atomic E-state index is 5.81. The van der Waals surface area contributed by atoms with Crippen molar-refractivity contribution in [3.8, 4) is 0 Å². The number of rotatable bonds is 3. The number of hydrogen-bond acceptors (Lipinski definition) is 1. The Morgan fingerprint density at radius 2 is 1.77 bits per heavy atom. The van der Waals surface area contributed by atoms with E-state index in [0.29, 0.717) is 5.41 Å². The molecule has 0 atom stereocenters. The van der Waals surface area contributed by atoms with Crippen molar-refractivity contribution in [2.45, 2.75) is 51.9 Å². The highest BCUT2D eigenvalue weighted by molar-refractivity contribution is 4.95. The van der Waals surface area contributed by atoms with Crippen LogP contribution in [0.1, 0.15) is 51.9 Å². The molecule has 2 fully saturated rings. The molecule has 1 heteroatoms. The van der Waals surface area contributed by atoms with Gasteiger partial charge >= 0.3 is 0 Å². The van der Waals surface area contributed by atoms with Gasteiger partial charge in [-0.2, -0.15) is 0 Å². The molecule has 0 aromatic carbocycles. The summed E-state index contributed by atoms with van der Waals surface area (Å²) >= 11 is 0. The van der Waals surface area contributed by atoms with Gasteiger partial charge in [-0.15, -0.1) is 0 Å². The van der Waals surface area contributed by atoms with E-state index in [9.17, 15) is 0 Å². The Hall–Kier alpha value is -0.0400. The molecule has 0 bridgehead atoms. The van der Waals surface area contributed by atoms with Crippen LogP contribution in [0, 0.1) is 17.3 Å². The fraction of sp³-hybridized carbons (Fsp3) is 1.00. The van der Waals surface area contributed by atoms with E-state index in [2.05, 4.69) is 6.92 Å². The molecule has 0 aliphatic heterocycles. The Balaban J connectivity index is 1.76. The third-order valence-electron chi connectivity index (χ3n) is 4.25. The van der Waals surface area contributed by atoms with Gasteiger partial charge in [-0.05, 0) is 43.1 Å². The van der Waals surface area contributed by atoms with Crippen molar-refractivity contribution in [2.75, 3.05) is 6.54 Å². The smallest absolute Gasteiger partial charge is 0.00204 e. The Morgan fingerprint density at radius 1 is 1.15 bits per heavy atom. The average molecular weight is 181 g/mol. The quantitative estimate of drug-likeness (QED) is 0.711. The molecule has 1 nitrogen and oxygen atoms in total. The molecule has 0 amide bonds. The van der Waals surface area contributed by atoms with E-state index >= 15 is 0 Å². The summed E-state index contributed by atoms with van der Waals surface area (Å²) in [6.45, 7) is 3.34. The van der Waals surface area contributed by atoms with Gasteiger partial charge in [0.15, 0.2) is 0 Å². The van der Waals surface area contributed by atoms with E-state index in [0.717, 1.165) is 18.4 Å². The number of nitrogens with two attached hydrogens (primary N) is 1. The first-order valence-corrected chi connectivity index (χ1v) is 5.94. The molecule has 2 aliphatic carbocycles. The van der Waals surface area contributed by atoms with Crippen molar-refractivity contribution in [1.29, 1.82) is 0 Å². The normalized spacial score (nSPS) is 37.4. The third kappa shape index (κ3) is 2.25. The topological polar surface area (TPSA) is 26.0 Å². The highest BCUT2D eigenvalue weighted by atomic mass is 14.7. The second kappa shape index (κ2) is 3.61. The van der Waals surface area contributed by atoms with Gasteiger partial charge in [-0.25, -0.2) is 0 Å². The second-order valence-corrected chi connectivity index (χ2v) is 5.53. The lowest BCUT2D eigenvalue weighted by molar-refractivity contribution is 0.239. The van der Waals surface area contributed by atoms with Crippen LogP contribution >= 0.6 is 0 Å². The summed E-state index contributed by atoms with van der Waals surface area (Å²) in [5.74, 6) is 2.01. The predicted molar refractivity (Wildman–Crippen MR) is 56.5 cm³/mol. The van der Waals surface area contributed by atoms with Crippen LogP contribution in [-0.4, -0.2) is 6.54 Å². The van der Waals surface area contributed by atoms with E-state index in [1.807, 2.05) is 0 Å². The molecular formula is C12H23N. The Labute approximate surface area is 82.1 Å². The highest BCUT2D eigenvalue weighted by Gasteiger charge is 2.42. The van der Waals surface area contributed by atoms with Crippen molar-refractivity contribution >= 4 is 0 Å². The van der Waals surface area contributed by atoms with Gasteiger partial charge in [0.05, 0.1) is 0 Å². The van der Waals surface area contributed by atoms with Crippen molar-refractivity contribution in [2.24, 2.45) is 23.0 Å². The van der Waals surface area contributed by atoms with Gasteiger partial charge < -0.3 is 5.73 Å². The first-order chi connectivity index (χ1) is 6.24. The Bertz CT molecular complexity index is 164. The summed E-state index contributed by atoms with van der Waals surface area (Å²) < 4.78 is 0. The summed E-state index contributed by atoms with van der Waals surface area (Å²) in [5.41, 5.74) is 6.43. The maximum Gasteiger partial charge on any atom is -0.00204 e. The minimum Gasteiger partial charge on any atom is -0.330 e. The van der Waals surface area contributed by atoms with Crippen LogP contribution in [0.25, 0.3) is 0 Å². The maximum absolute atomic E-state index is 5.81. The zero-order chi connectivity index (χ0) is 9.31. The van der Waals surface area contributed by atoms with E-state index in [-0.39, 0.29) is 0 Å². The molecule has 0 saturated heterocycles. The van der Waals surface area contributed by atoms with E-state index < -0.39 is 0 Å². The summed E-state index contributed by atoms with van der Waals surface area (Å²) in [7, 11) is 0. The molecule has 2 rings (SSSR count). The molecule has 0 unspecified atom stereocenters. The van der Waals surface area contributed by atoms with Crippen LogP contribution in [0.4, 0.5) is 0 Å². The Morgan fingerprint density at radius 3 is 2.23 bits per heavy atom. The summed E-state index contributed by atoms with van der Waals surface area (Å²) in [6.07, 6.45) is 10.1. The van der Waals surface area contributed by atoms with Crippen molar-refractivity contribution < 1.29 is 0 Å². The van der Waals surface area contributed by atoms with Gasteiger partial charge in [0.1, 0.15) is 0 Å². The monoisotopic (exact) mass is 181 g/mol. The second-order valence-electron chi connectivity index (χ2n) is 5.53. The molecular weight excluding hydrogens is 158 g/mol. The standard InChI is InChI=1S/C12H23N/c1-10-2-4-11(5-3-10)8-12(9-13)6-7-12/h10-11H,2-9,13H2,1H3. The van der Waals surface area contributed by atoms with Crippen LogP contribution < -0.4 is 5.73 Å². The molecule has 76 valence electrons. The lowest BCUT2D eigenvalue weighted by atomic mass is 9.78. The van der Waals surface area contributed by atoms with Gasteiger partial charge in [-0.3, -0.25) is 0 Å². The summed E-state index contributed by atoms with van der Waals surface area (Å²) in [6, 6.07) is 0. The van der Waals surface area contributed by atoms with Crippen molar-refractivity contribution in [3.63, 3.8) is 0 Å². The first-order valence-electron chi connectivity index (χ1n) is 5.94. The van der Waals surface area contributed by atoms with Gasteiger partial charge in [0.25, 0.3) is 0 Å². The van der Waals surface area contributed by atoms with Crippen LogP contribution in [0.5, 0.6) is 0 Å². The zero-order valence-electron chi connectivity index (χ0n) is 8.89. The highest BCUT2D eigenvalue weighted by Crippen LogP contribution is 2.51. The van der Waals surface area contributed by atoms with E-state index in [1.165, 1.54) is 44.9 Å². The molecule has 0 spiro atoms. The average Bonchev–Trinajstić information content (AvgIpc) is 2.90. The predicted octanol–water partition coefficient (Wildman–Crippen LogP) is 2.94. The Kier molecular flexibility index (Phi) is 2.64. The van der Waals surface area contributed by atoms with E-state index in [4.69, 9.17) is 5.73 Å². The zero-order valence-corrected chi connectivity index (χ0v) is 8.89. The minimum atomic E-state index is 0.616. The van der Waals surface area contributed by atoms with Gasteiger partial charge in [0, 0.05) is 0 Å². The van der Waals surface area contributed by atoms with Crippen LogP contribution in [0.2, 0.25) is 0 Å². The summed E-state index contributed by atoms with van der Waals surface area (Å²) in [5, 5.41) is 0. The van der Waals surface area contributed by atoms with Gasteiger partial charge in [0.2, 0.25) is 0 Å². The van der Waals surface area contributed by atoms with Crippen molar-refractivity contribution in [3.05, 3.63) is 0 Å². The molecule has 2 N–H and O–H groups in total. The molecule has 13 heavy (non-hydrogen) atoms. The lowest BCUT2D eigenvalue weighted by Crippen LogP contribution is -2.22. The molecule has 2 saturated carbocycles. The SMILES string of the molecule is CC1CCC(CC2(CN)CC2)CC1. The van der Waals surface area contributed by atoms with Crippen LogP contribution in [0.3, 0.4) is 0 Å². The molecule has 2 aliphatic rings. The first kappa shape index (κ1) is 9.51. The molecule has 0 radical (unpaired) electrons. The van der Waals surface area contributed by atoms with Crippen molar-refractivity contribution in [1.82, 2.24) is 0 Å². The fourth-order valence-corrected chi connectivity index (χ4v) is 2.81. The van der Waals surface area contributed by atoms with Crippen LogP contribution in [0.15, 0.2) is 0 Å². The fourth-order valence-electron chi connectivity index (χ4n) is 2.81. The van der Waals surface area contributed by atoms with E-state index in [1.54, 1.807) is 0 Å². The van der Waals surface area contributed by atoms with Crippen LogP contribution in [-0.2, 0) is 0 Å². The molecule has 0 heterocycles. The third-order valence-corrected chi connectivity index (χ3v) is 4.25. The largest absolute Gasteiger partial charge is 0.330 e. The molecule has 0 aromatic rings. The molecule has 0 aromatic heterocycles. The minimum absolute atomic E-state index is 0.616. The number of hydrogen-bond donors (Lipinski definition) is 1.